The maximum atomic E-state index is 13.1. The number of nitrogens with one attached hydrogen (secondary N) is 2. The summed E-state index contributed by atoms with van der Waals surface area (Å²) in [4.78, 5) is 34.1. The molecule has 0 spiro atoms. The van der Waals surface area contributed by atoms with E-state index in [1.165, 1.54) is 0 Å². The van der Waals surface area contributed by atoms with Gasteiger partial charge in [-0.15, -0.1) is 0 Å². The highest BCUT2D eigenvalue weighted by Gasteiger charge is 2.28. The third kappa shape index (κ3) is 5.02. The van der Waals surface area contributed by atoms with Crippen LogP contribution in [0.2, 0.25) is 0 Å². The first-order valence-corrected chi connectivity index (χ1v) is 13.0. The molecule has 0 atom stereocenters. The van der Waals surface area contributed by atoms with Crippen molar-refractivity contribution in [3.63, 3.8) is 0 Å². The maximum Gasteiger partial charge on any atom is 0.260 e. The molecule has 0 radical (unpaired) electrons. The van der Waals surface area contributed by atoms with Crippen molar-refractivity contribution in [1.82, 2.24) is 10.3 Å². The number of benzene rings is 2. The number of carbonyl (C=O) groups is 2. The minimum absolute atomic E-state index is 0.0650. The van der Waals surface area contributed by atoms with Crippen LogP contribution in [0.25, 0.3) is 0 Å². The van der Waals surface area contributed by atoms with Crippen molar-refractivity contribution in [1.29, 1.82) is 0 Å². The number of fused-ring (bicyclic) bond motifs is 2. The van der Waals surface area contributed by atoms with Crippen LogP contribution in [0.5, 0.6) is 5.75 Å². The van der Waals surface area contributed by atoms with E-state index in [-0.39, 0.29) is 24.0 Å². The Morgan fingerprint density at radius 1 is 1.03 bits per heavy atom. The first kappa shape index (κ1) is 25.5. The standard InChI is InChI=1S/C29H33N5O4/c1-4-38-26-15-18(28(36)31-19-10-12-20(35)13-11-19)9-14-22(26)32-27-16-24-25(17-30-27)34(3)29(37)21-7-5-6-8-23(21)33(24)2/h5-9,14-17,19-20,35H,4,10-13H2,1-3H3,(H,30,32)(H,31,36)/t19-,20-. The van der Waals surface area contributed by atoms with Gasteiger partial charge >= 0.3 is 0 Å². The average Bonchev–Trinajstić information content (AvgIpc) is 3.00. The molecule has 1 fully saturated rings. The van der Waals surface area contributed by atoms with Crippen LogP contribution in [0.1, 0.15) is 53.3 Å². The molecule has 0 unspecified atom stereocenters. The lowest BCUT2D eigenvalue weighted by Crippen LogP contribution is -2.38. The van der Waals surface area contributed by atoms with Gasteiger partial charge in [-0.3, -0.25) is 9.59 Å². The van der Waals surface area contributed by atoms with Crippen LogP contribution < -0.4 is 25.2 Å². The van der Waals surface area contributed by atoms with Gasteiger partial charge in [-0.25, -0.2) is 4.98 Å². The van der Waals surface area contributed by atoms with Gasteiger partial charge < -0.3 is 30.3 Å². The normalized spacial score (nSPS) is 18.8. The SMILES string of the molecule is CCOc1cc(C(=O)N[C@H]2CC[C@H](O)CC2)ccc1Nc1cc2c(cn1)N(C)C(=O)c1ccccc1N2C. The fraction of sp³-hybridized carbons (Fsp3) is 0.345. The smallest absolute Gasteiger partial charge is 0.260 e. The van der Waals surface area contributed by atoms with Crippen molar-refractivity contribution in [2.24, 2.45) is 0 Å². The van der Waals surface area contributed by atoms with Gasteiger partial charge in [0.2, 0.25) is 0 Å². The van der Waals surface area contributed by atoms with E-state index in [9.17, 15) is 14.7 Å². The number of aromatic nitrogens is 1. The number of aliphatic hydroxyl groups excluding tert-OH is 1. The number of pyridine rings is 1. The average molecular weight is 516 g/mol. The highest BCUT2D eigenvalue weighted by atomic mass is 16.5. The number of rotatable bonds is 6. The maximum absolute atomic E-state index is 13.1. The Labute approximate surface area is 222 Å². The summed E-state index contributed by atoms with van der Waals surface area (Å²) in [6.07, 6.45) is 4.37. The summed E-state index contributed by atoms with van der Waals surface area (Å²) in [5.74, 6) is 0.873. The van der Waals surface area contributed by atoms with Crippen LogP contribution in [0.4, 0.5) is 28.6 Å². The fourth-order valence-corrected chi connectivity index (χ4v) is 5.07. The summed E-state index contributed by atoms with van der Waals surface area (Å²) >= 11 is 0. The van der Waals surface area contributed by atoms with Crippen molar-refractivity contribution in [3.8, 4) is 5.75 Å². The van der Waals surface area contributed by atoms with Crippen molar-refractivity contribution in [2.75, 3.05) is 35.8 Å². The molecule has 38 heavy (non-hydrogen) atoms. The number of anilines is 5. The van der Waals surface area contributed by atoms with Crippen molar-refractivity contribution >= 4 is 40.4 Å². The zero-order valence-corrected chi connectivity index (χ0v) is 21.9. The van der Waals surface area contributed by atoms with Gasteiger partial charge in [0.1, 0.15) is 11.6 Å². The molecule has 0 bridgehead atoms. The first-order valence-electron chi connectivity index (χ1n) is 13.0. The molecule has 5 rings (SSSR count). The zero-order chi connectivity index (χ0) is 26.8. The number of ether oxygens (including phenoxy) is 1. The molecule has 1 saturated carbocycles. The van der Waals surface area contributed by atoms with Crippen LogP contribution in [-0.4, -0.2) is 54.8 Å². The molecule has 2 aromatic carbocycles. The Balaban J connectivity index is 1.40. The van der Waals surface area contributed by atoms with Gasteiger partial charge in [-0.1, -0.05) is 12.1 Å². The van der Waals surface area contributed by atoms with E-state index < -0.39 is 0 Å². The van der Waals surface area contributed by atoms with E-state index in [1.807, 2.05) is 55.3 Å². The molecule has 2 heterocycles. The minimum Gasteiger partial charge on any atom is -0.492 e. The largest absolute Gasteiger partial charge is 0.492 e. The Kier molecular flexibility index (Phi) is 7.20. The van der Waals surface area contributed by atoms with E-state index in [1.54, 1.807) is 30.3 Å². The van der Waals surface area contributed by atoms with Gasteiger partial charge in [0.15, 0.2) is 0 Å². The highest BCUT2D eigenvalue weighted by Crippen LogP contribution is 2.40. The predicted molar refractivity (Wildman–Crippen MR) is 148 cm³/mol. The lowest BCUT2D eigenvalue weighted by Gasteiger charge is -2.26. The lowest BCUT2D eigenvalue weighted by molar-refractivity contribution is 0.0867. The molecule has 1 aliphatic carbocycles. The molecule has 9 nitrogen and oxygen atoms in total. The molecular weight excluding hydrogens is 482 g/mol. The quantitative estimate of drug-likeness (QED) is 0.440. The molecular formula is C29H33N5O4. The summed E-state index contributed by atoms with van der Waals surface area (Å²) in [6, 6.07) is 14.8. The number of hydrogen-bond acceptors (Lipinski definition) is 7. The Bertz CT molecular complexity index is 1350. The van der Waals surface area contributed by atoms with E-state index in [0.717, 1.165) is 24.2 Å². The summed E-state index contributed by atoms with van der Waals surface area (Å²) in [6.45, 7) is 2.33. The second-order valence-electron chi connectivity index (χ2n) is 9.75. The van der Waals surface area contributed by atoms with Gasteiger partial charge in [0.05, 0.1) is 47.2 Å². The van der Waals surface area contributed by atoms with Gasteiger partial charge in [0.25, 0.3) is 11.8 Å². The molecule has 9 heteroatoms. The van der Waals surface area contributed by atoms with Crippen LogP contribution in [-0.2, 0) is 0 Å². The van der Waals surface area contributed by atoms with Crippen LogP contribution in [0.15, 0.2) is 54.7 Å². The second-order valence-corrected chi connectivity index (χ2v) is 9.75. The Morgan fingerprint density at radius 3 is 2.55 bits per heavy atom. The monoisotopic (exact) mass is 515 g/mol. The summed E-state index contributed by atoms with van der Waals surface area (Å²) in [5.41, 5.74) is 4.16. The molecule has 3 aromatic rings. The summed E-state index contributed by atoms with van der Waals surface area (Å²) in [5, 5.41) is 16.1. The Morgan fingerprint density at radius 2 is 1.79 bits per heavy atom. The van der Waals surface area contributed by atoms with E-state index in [4.69, 9.17) is 4.74 Å². The number of nitrogens with zero attached hydrogens (tertiary/aromatic N) is 3. The number of carbonyl (C=O) groups excluding carboxylic acids is 2. The fourth-order valence-electron chi connectivity index (χ4n) is 5.07. The summed E-state index contributed by atoms with van der Waals surface area (Å²) < 4.78 is 5.87. The third-order valence-corrected chi connectivity index (χ3v) is 7.22. The molecule has 1 aromatic heterocycles. The topological polar surface area (TPSA) is 107 Å². The number of aliphatic hydroxyl groups is 1. The zero-order valence-electron chi connectivity index (χ0n) is 21.9. The third-order valence-electron chi connectivity index (χ3n) is 7.22. The molecule has 0 saturated heterocycles. The lowest BCUT2D eigenvalue weighted by atomic mass is 9.93. The van der Waals surface area contributed by atoms with E-state index in [0.29, 0.717) is 53.5 Å². The second kappa shape index (κ2) is 10.7. The molecule has 2 amide bonds. The minimum atomic E-state index is -0.268. The van der Waals surface area contributed by atoms with E-state index >= 15 is 0 Å². The molecule has 2 aliphatic rings. The van der Waals surface area contributed by atoms with Gasteiger partial charge in [-0.2, -0.15) is 0 Å². The van der Waals surface area contributed by atoms with Crippen molar-refractivity contribution in [2.45, 2.75) is 44.8 Å². The van der Waals surface area contributed by atoms with Crippen LogP contribution in [0, 0.1) is 0 Å². The van der Waals surface area contributed by atoms with Crippen molar-refractivity contribution in [3.05, 3.63) is 65.9 Å². The number of para-hydroxylation sites is 1. The highest BCUT2D eigenvalue weighted by molar-refractivity contribution is 6.13. The predicted octanol–water partition coefficient (Wildman–Crippen LogP) is 4.62. The van der Waals surface area contributed by atoms with Gasteiger partial charge in [-0.05, 0) is 62.9 Å². The van der Waals surface area contributed by atoms with Crippen molar-refractivity contribution < 1.29 is 19.4 Å². The number of hydrogen-bond donors (Lipinski definition) is 3. The molecule has 3 N–H and O–H groups in total. The molecule has 198 valence electrons. The number of amides is 2. The first-order chi connectivity index (χ1) is 18.4. The van der Waals surface area contributed by atoms with E-state index in [2.05, 4.69) is 15.6 Å². The van der Waals surface area contributed by atoms with Crippen LogP contribution >= 0.6 is 0 Å². The Hall–Kier alpha value is -4.11. The summed E-state index contributed by atoms with van der Waals surface area (Å²) in [7, 11) is 3.68. The van der Waals surface area contributed by atoms with Gasteiger partial charge in [0, 0.05) is 31.8 Å². The molecule has 1 aliphatic heterocycles. The van der Waals surface area contributed by atoms with Crippen LogP contribution in [0.3, 0.4) is 0 Å².